The third-order valence-electron chi connectivity index (χ3n) is 5.30. The SMILES string of the molecule is CS(=O)(=O)c1cc(NC2CCN(C3CCCC3)CC2)ccc1[N+](=O)[O-]. The van der Waals surface area contributed by atoms with Crippen molar-refractivity contribution < 1.29 is 13.3 Å². The highest BCUT2D eigenvalue weighted by molar-refractivity contribution is 7.90. The van der Waals surface area contributed by atoms with E-state index in [2.05, 4.69) is 10.2 Å². The van der Waals surface area contributed by atoms with Crippen LogP contribution in [0.25, 0.3) is 0 Å². The highest BCUT2D eigenvalue weighted by Crippen LogP contribution is 2.30. The normalized spacial score (nSPS) is 20.7. The summed E-state index contributed by atoms with van der Waals surface area (Å²) in [6.07, 6.45) is 8.28. The van der Waals surface area contributed by atoms with Crippen LogP contribution < -0.4 is 5.32 Å². The summed E-state index contributed by atoms with van der Waals surface area (Å²) < 4.78 is 23.7. The number of sulfone groups is 1. The van der Waals surface area contributed by atoms with E-state index in [1.807, 2.05) is 0 Å². The predicted molar refractivity (Wildman–Crippen MR) is 96.7 cm³/mol. The molecule has 1 aromatic rings. The van der Waals surface area contributed by atoms with Crippen molar-refractivity contribution >= 4 is 21.2 Å². The first-order valence-corrected chi connectivity index (χ1v) is 10.7. The van der Waals surface area contributed by atoms with E-state index in [1.165, 1.54) is 37.8 Å². The molecule has 1 heterocycles. The number of nitro benzene ring substituents is 1. The van der Waals surface area contributed by atoms with Gasteiger partial charge in [-0.05, 0) is 37.8 Å². The minimum atomic E-state index is -3.65. The highest BCUT2D eigenvalue weighted by Gasteiger charge is 2.28. The minimum Gasteiger partial charge on any atom is -0.382 e. The molecule has 1 N–H and O–H groups in total. The van der Waals surface area contributed by atoms with Crippen LogP contribution in [-0.4, -0.2) is 49.7 Å². The summed E-state index contributed by atoms with van der Waals surface area (Å²) in [5, 5.41) is 14.4. The van der Waals surface area contributed by atoms with Crippen LogP contribution in [-0.2, 0) is 9.84 Å². The van der Waals surface area contributed by atoms with E-state index in [-0.39, 0.29) is 16.6 Å². The zero-order chi connectivity index (χ0) is 18.0. The topological polar surface area (TPSA) is 92.6 Å². The molecule has 2 aliphatic rings. The Balaban J connectivity index is 1.66. The first-order valence-electron chi connectivity index (χ1n) is 8.83. The van der Waals surface area contributed by atoms with Crippen molar-refractivity contribution in [3.05, 3.63) is 28.3 Å². The second-order valence-corrected chi connectivity index (χ2v) is 9.09. The second kappa shape index (κ2) is 7.29. The fourth-order valence-electron chi connectivity index (χ4n) is 3.97. The zero-order valence-electron chi connectivity index (χ0n) is 14.5. The fraction of sp³-hybridized carbons (Fsp3) is 0.647. The first kappa shape index (κ1) is 18.1. The van der Waals surface area contributed by atoms with Crippen LogP contribution in [0.1, 0.15) is 38.5 Å². The summed E-state index contributed by atoms with van der Waals surface area (Å²) in [4.78, 5) is 12.7. The highest BCUT2D eigenvalue weighted by atomic mass is 32.2. The number of hydrogen-bond acceptors (Lipinski definition) is 6. The Morgan fingerprint density at radius 2 is 1.80 bits per heavy atom. The van der Waals surface area contributed by atoms with Gasteiger partial charge in [0.1, 0.15) is 4.90 Å². The molecule has 0 radical (unpaired) electrons. The van der Waals surface area contributed by atoms with Crippen molar-refractivity contribution in [2.45, 2.75) is 55.5 Å². The van der Waals surface area contributed by atoms with Gasteiger partial charge in [-0.2, -0.15) is 0 Å². The standard InChI is InChI=1S/C17H25N3O4S/c1-25(23,24)17-12-14(6-7-16(17)20(21)22)18-13-8-10-19(11-9-13)15-4-2-3-5-15/h6-7,12-13,15,18H,2-5,8-11H2,1H3. The molecule has 1 aliphatic heterocycles. The number of hydrogen-bond donors (Lipinski definition) is 1. The summed E-state index contributed by atoms with van der Waals surface area (Å²) >= 11 is 0. The van der Waals surface area contributed by atoms with Crippen LogP contribution in [0.3, 0.4) is 0 Å². The van der Waals surface area contributed by atoms with Gasteiger partial charge in [-0.3, -0.25) is 10.1 Å². The number of nitrogens with zero attached hydrogens (tertiary/aromatic N) is 2. The molecular weight excluding hydrogens is 342 g/mol. The number of rotatable bonds is 5. The number of piperidine rings is 1. The average Bonchev–Trinajstić information content (AvgIpc) is 3.09. The summed E-state index contributed by atoms with van der Waals surface area (Å²) in [7, 11) is -3.65. The van der Waals surface area contributed by atoms with Gasteiger partial charge in [-0.25, -0.2) is 8.42 Å². The third kappa shape index (κ3) is 4.30. The Labute approximate surface area is 148 Å². The molecule has 0 bridgehead atoms. The minimum absolute atomic E-state index is 0.231. The van der Waals surface area contributed by atoms with Crippen LogP contribution >= 0.6 is 0 Å². The van der Waals surface area contributed by atoms with Crippen molar-refractivity contribution in [1.82, 2.24) is 4.90 Å². The number of benzene rings is 1. The maximum Gasteiger partial charge on any atom is 0.288 e. The van der Waals surface area contributed by atoms with Gasteiger partial charge in [0.25, 0.3) is 5.69 Å². The molecule has 8 heteroatoms. The van der Waals surface area contributed by atoms with E-state index in [9.17, 15) is 18.5 Å². The zero-order valence-corrected chi connectivity index (χ0v) is 15.3. The molecule has 138 valence electrons. The lowest BCUT2D eigenvalue weighted by atomic mass is 10.0. The Morgan fingerprint density at radius 3 is 2.36 bits per heavy atom. The maximum atomic E-state index is 11.9. The molecule has 25 heavy (non-hydrogen) atoms. The Morgan fingerprint density at radius 1 is 1.16 bits per heavy atom. The first-order chi connectivity index (χ1) is 11.8. The van der Waals surface area contributed by atoms with Gasteiger partial charge in [0.05, 0.1) is 4.92 Å². The van der Waals surface area contributed by atoms with Gasteiger partial charge in [0.15, 0.2) is 9.84 Å². The van der Waals surface area contributed by atoms with Crippen molar-refractivity contribution in [3.8, 4) is 0 Å². The smallest absolute Gasteiger partial charge is 0.288 e. The van der Waals surface area contributed by atoms with Crippen LogP contribution in [0.15, 0.2) is 23.1 Å². The number of likely N-dealkylation sites (tertiary alicyclic amines) is 1. The Bertz CT molecular complexity index is 736. The van der Waals surface area contributed by atoms with Crippen LogP contribution in [0, 0.1) is 10.1 Å². The molecule has 2 fully saturated rings. The second-order valence-electron chi connectivity index (χ2n) is 7.10. The summed E-state index contributed by atoms with van der Waals surface area (Å²) in [6, 6.07) is 5.25. The lowest BCUT2D eigenvalue weighted by Crippen LogP contribution is -2.43. The van der Waals surface area contributed by atoms with Gasteiger partial charge < -0.3 is 10.2 Å². The lowest BCUT2D eigenvalue weighted by molar-refractivity contribution is -0.387. The van der Waals surface area contributed by atoms with E-state index >= 15 is 0 Å². The van der Waals surface area contributed by atoms with E-state index in [0.29, 0.717) is 5.69 Å². The number of nitrogens with one attached hydrogen (secondary N) is 1. The molecule has 1 aliphatic carbocycles. The molecule has 1 aromatic carbocycles. The number of anilines is 1. The summed E-state index contributed by atoms with van der Waals surface area (Å²) in [5.41, 5.74) is 0.259. The van der Waals surface area contributed by atoms with E-state index in [0.717, 1.165) is 38.2 Å². The molecule has 0 unspecified atom stereocenters. The third-order valence-corrected chi connectivity index (χ3v) is 6.42. The van der Waals surface area contributed by atoms with E-state index in [1.54, 1.807) is 6.07 Å². The Hall–Kier alpha value is -1.67. The van der Waals surface area contributed by atoms with Gasteiger partial charge in [0, 0.05) is 43.2 Å². The van der Waals surface area contributed by atoms with E-state index < -0.39 is 14.8 Å². The van der Waals surface area contributed by atoms with Crippen molar-refractivity contribution in [2.24, 2.45) is 0 Å². The average molecular weight is 367 g/mol. The van der Waals surface area contributed by atoms with E-state index in [4.69, 9.17) is 0 Å². The van der Waals surface area contributed by atoms with Crippen molar-refractivity contribution in [1.29, 1.82) is 0 Å². The lowest BCUT2D eigenvalue weighted by Gasteiger charge is -2.36. The molecule has 1 saturated carbocycles. The quantitative estimate of drug-likeness (QED) is 0.635. The number of nitro groups is 1. The van der Waals surface area contributed by atoms with Gasteiger partial charge in [-0.1, -0.05) is 12.8 Å². The van der Waals surface area contributed by atoms with Crippen LogP contribution in [0.4, 0.5) is 11.4 Å². The monoisotopic (exact) mass is 367 g/mol. The van der Waals surface area contributed by atoms with Crippen LogP contribution in [0.2, 0.25) is 0 Å². The maximum absolute atomic E-state index is 11.9. The van der Waals surface area contributed by atoms with Gasteiger partial charge >= 0.3 is 0 Å². The van der Waals surface area contributed by atoms with Crippen molar-refractivity contribution in [3.63, 3.8) is 0 Å². The molecule has 0 atom stereocenters. The summed E-state index contributed by atoms with van der Waals surface area (Å²) in [6.45, 7) is 2.10. The molecule has 7 nitrogen and oxygen atoms in total. The predicted octanol–water partition coefficient (Wildman–Crippen LogP) is 2.82. The van der Waals surface area contributed by atoms with Gasteiger partial charge in [0.2, 0.25) is 0 Å². The molecular formula is C17H25N3O4S. The summed E-state index contributed by atoms with van der Waals surface area (Å²) in [5.74, 6) is 0. The molecule has 0 spiro atoms. The molecule has 3 rings (SSSR count). The largest absolute Gasteiger partial charge is 0.382 e. The van der Waals surface area contributed by atoms with Gasteiger partial charge in [-0.15, -0.1) is 0 Å². The van der Waals surface area contributed by atoms with Crippen LogP contribution in [0.5, 0.6) is 0 Å². The molecule has 0 amide bonds. The fourth-order valence-corrected chi connectivity index (χ4v) is 4.83. The Kier molecular flexibility index (Phi) is 5.29. The van der Waals surface area contributed by atoms with Crippen molar-refractivity contribution in [2.75, 3.05) is 24.7 Å². The molecule has 1 saturated heterocycles. The molecule has 0 aromatic heterocycles.